The van der Waals surface area contributed by atoms with Gasteiger partial charge in [-0.2, -0.15) is 0 Å². The Hall–Kier alpha value is -3.58. The second-order valence-electron chi connectivity index (χ2n) is 8.55. The van der Waals surface area contributed by atoms with Gasteiger partial charge in [-0.3, -0.25) is 9.36 Å². The summed E-state index contributed by atoms with van der Waals surface area (Å²) in [6, 6.07) is 8.35. The van der Waals surface area contributed by atoms with Crippen LogP contribution in [-0.2, 0) is 9.53 Å². The largest absolute Gasteiger partial charge is 0.493 e. The minimum absolute atomic E-state index is 0.112. The first-order valence-electron chi connectivity index (χ1n) is 12.1. The summed E-state index contributed by atoms with van der Waals surface area (Å²) in [5.41, 5.74) is 1.95. The molecule has 3 heterocycles. The molecule has 0 saturated heterocycles. The van der Waals surface area contributed by atoms with Gasteiger partial charge in [0.15, 0.2) is 27.8 Å². The van der Waals surface area contributed by atoms with Gasteiger partial charge < -0.3 is 23.7 Å². The Morgan fingerprint density at radius 1 is 1.28 bits per heavy atom. The van der Waals surface area contributed by atoms with Crippen LogP contribution >= 0.6 is 33.9 Å². The van der Waals surface area contributed by atoms with Gasteiger partial charge in [0.1, 0.15) is 6.61 Å². The van der Waals surface area contributed by atoms with Crippen molar-refractivity contribution in [1.29, 1.82) is 0 Å². The summed E-state index contributed by atoms with van der Waals surface area (Å²) in [5.74, 6) is 1.78. The molecule has 0 radical (unpaired) electrons. The minimum Gasteiger partial charge on any atom is -0.493 e. The molecule has 11 heteroatoms. The van der Waals surface area contributed by atoms with Crippen molar-refractivity contribution < 1.29 is 28.5 Å². The molecule has 2 aliphatic rings. The predicted octanol–water partition coefficient (Wildman–Crippen LogP) is 3.71. The molecule has 0 fully saturated rings. The number of hydrogen-bond donors (Lipinski definition) is 0. The van der Waals surface area contributed by atoms with Crippen molar-refractivity contribution in [1.82, 2.24) is 4.57 Å². The van der Waals surface area contributed by atoms with Crippen LogP contribution in [0.1, 0.15) is 31.0 Å². The van der Waals surface area contributed by atoms with E-state index in [0.29, 0.717) is 55.8 Å². The van der Waals surface area contributed by atoms with Crippen molar-refractivity contribution in [3.05, 3.63) is 88.6 Å². The van der Waals surface area contributed by atoms with E-state index in [9.17, 15) is 9.59 Å². The Labute approximate surface area is 241 Å². The molecule has 0 N–H and O–H groups in total. The highest BCUT2D eigenvalue weighted by Crippen LogP contribution is 2.38. The fourth-order valence-corrected chi connectivity index (χ4v) is 6.27. The van der Waals surface area contributed by atoms with Crippen LogP contribution < -0.4 is 33.8 Å². The highest BCUT2D eigenvalue weighted by molar-refractivity contribution is 14.1. The molecule has 9 nitrogen and oxygen atoms in total. The van der Waals surface area contributed by atoms with Gasteiger partial charge >= 0.3 is 5.97 Å². The summed E-state index contributed by atoms with van der Waals surface area (Å²) in [7, 11) is 1.56. The summed E-state index contributed by atoms with van der Waals surface area (Å²) in [5, 5.41) is 0. The highest BCUT2D eigenvalue weighted by atomic mass is 127. The molecular weight excluding hydrogens is 635 g/mol. The third-order valence-electron chi connectivity index (χ3n) is 6.12. The number of aromatic nitrogens is 1. The first kappa shape index (κ1) is 27.0. The number of hydrogen-bond acceptors (Lipinski definition) is 9. The van der Waals surface area contributed by atoms with Gasteiger partial charge in [-0.05, 0) is 77.9 Å². The van der Waals surface area contributed by atoms with Gasteiger partial charge in [0.2, 0.25) is 6.79 Å². The molecule has 0 aliphatic carbocycles. The SMILES string of the molecule is C=CCOc1c(I)cc(/C=c2\sc3n(c2=O)[C@H](c2ccc4c(c2)OCO4)C(C(=O)OCC)=C(C)N=3)cc1OC. The Morgan fingerprint density at radius 3 is 2.82 bits per heavy atom. The lowest BCUT2D eigenvalue weighted by molar-refractivity contribution is -0.139. The molecule has 0 spiro atoms. The van der Waals surface area contributed by atoms with Gasteiger partial charge in [0.05, 0.1) is 39.1 Å². The molecule has 202 valence electrons. The van der Waals surface area contributed by atoms with Crippen LogP contribution in [-0.4, -0.2) is 37.7 Å². The van der Waals surface area contributed by atoms with Crippen LogP contribution in [0.25, 0.3) is 6.08 Å². The van der Waals surface area contributed by atoms with E-state index in [4.69, 9.17) is 23.7 Å². The minimum atomic E-state index is -0.749. The summed E-state index contributed by atoms with van der Waals surface area (Å²) < 4.78 is 30.5. The summed E-state index contributed by atoms with van der Waals surface area (Å²) in [6.45, 7) is 7.82. The van der Waals surface area contributed by atoms with Crippen molar-refractivity contribution in [3.63, 3.8) is 0 Å². The molecule has 0 bridgehead atoms. The van der Waals surface area contributed by atoms with Crippen molar-refractivity contribution in [3.8, 4) is 23.0 Å². The lowest BCUT2D eigenvalue weighted by Crippen LogP contribution is -2.39. The van der Waals surface area contributed by atoms with E-state index < -0.39 is 12.0 Å². The smallest absolute Gasteiger partial charge is 0.338 e. The van der Waals surface area contributed by atoms with Crippen molar-refractivity contribution in [2.75, 3.05) is 27.1 Å². The lowest BCUT2D eigenvalue weighted by Gasteiger charge is -2.24. The predicted molar refractivity (Wildman–Crippen MR) is 154 cm³/mol. The maximum atomic E-state index is 13.9. The number of halogens is 1. The highest BCUT2D eigenvalue weighted by Gasteiger charge is 2.34. The molecule has 3 aromatic rings. The van der Waals surface area contributed by atoms with Crippen LogP contribution in [0.15, 0.2) is 64.0 Å². The normalized spacial score (nSPS) is 16.0. The number of thiazole rings is 1. The van der Waals surface area contributed by atoms with Gasteiger partial charge in [0, 0.05) is 0 Å². The zero-order valence-electron chi connectivity index (χ0n) is 21.5. The van der Waals surface area contributed by atoms with E-state index >= 15 is 0 Å². The zero-order chi connectivity index (χ0) is 27.7. The number of ether oxygens (including phenoxy) is 5. The summed E-state index contributed by atoms with van der Waals surface area (Å²) in [4.78, 5) is 32.1. The molecule has 2 aliphatic heterocycles. The maximum Gasteiger partial charge on any atom is 0.338 e. The number of esters is 1. The second-order valence-corrected chi connectivity index (χ2v) is 10.7. The first-order valence-corrected chi connectivity index (χ1v) is 14.0. The van der Waals surface area contributed by atoms with Crippen molar-refractivity contribution >= 4 is 46.0 Å². The molecular formula is C28H25IN2O7S. The molecule has 1 atom stereocenters. The van der Waals surface area contributed by atoms with E-state index in [1.807, 2.05) is 18.2 Å². The number of rotatable bonds is 8. The molecule has 2 aromatic carbocycles. The monoisotopic (exact) mass is 660 g/mol. The molecule has 0 unspecified atom stereocenters. The Bertz CT molecular complexity index is 1690. The molecule has 5 rings (SSSR count). The van der Waals surface area contributed by atoms with Crippen LogP contribution in [0.4, 0.5) is 0 Å². The number of carbonyl (C=O) groups is 1. The van der Waals surface area contributed by atoms with Crippen LogP contribution in [0.5, 0.6) is 23.0 Å². The van der Waals surface area contributed by atoms with E-state index in [0.717, 1.165) is 9.13 Å². The van der Waals surface area contributed by atoms with Crippen LogP contribution in [0.3, 0.4) is 0 Å². The topological polar surface area (TPSA) is 97.6 Å². The van der Waals surface area contributed by atoms with Gasteiger partial charge in [-0.25, -0.2) is 9.79 Å². The van der Waals surface area contributed by atoms with Crippen LogP contribution in [0.2, 0.25) is 0 Å². The number of methoxy groups -OCH3 is 1. The van der Waals surface area contributed by atoms with Crippen molar-refractivity contribution in [2.45, 2.75) is 19.9 Å². The van der Waals surface area contributed by atoms with E-state index in [1.54, 1.807) is 45.2 Å². The maximum absolute atomic E-state index is 13.9. The molecule has 39 heavy (non-hydrogen) atoms. The Morgan fingerprint density at radius 2 is 2.08 bits per heavy atom. The number of carbonyl (C=O) groups excluding carboxylic acids is 1. The van der Waals surface area contributed by atoms with E-state index in [1.165, 1.54) is 15.9 Å². The van der Waals surface area contributed by atoms with Gasteiger partial charge in [0.25, 0.3) is 5.56 Å². The Kier molecular flexibility index (Phi) is 7.80. The Balaban J connectivity index is 1.67. The average Bonchev–Trinajstić information content (AvgIpc) is 3.50. The standard InChI is InChI=1S/C28H25IN2O7S/c1-5-9-36-25-18(29)10-16(11-21(25)34-4)12-22-26(32)31-24(17-7-8-19-20(13-17)38-14-37-19)23(27(33)35-6-2)15(3)30-28(31)39-22/h5,7-8,10-13,24H,1,6,9,14H2,2-4H3/b22-12-/t24-/m1/s1. The number of allylic oxidation sites excluding steroid dienone is 1. The van der Waals surface area contributed by atoms with E-state index in [-0.39, 0.29) is 19.0 Å². The van der Waals surface area contributed by atoms with Crippen LogP contribution in [0, 0.1) is 3.57 Å². The average molecular weight is 660 g/mol. The van der Waals surface area contributed by atoms with Crippen molar-refractivity contribution in [2.24, 2.45) is 4.99 Å². The first-order chi connectivity index (χ1) is 18.9. The summed E-state index contributed by atoms with van der Waals surface area (Å²) in [6.07, 6.45) is 3.44. The number of fused-ring (bicyclic) bond motifs is 2. The third-order valence-corrected chi connectivity index (χ3v) is 7.91. The number of benzene rings is 2. The molecule has 0 saturated carbocycles. The third kappa shape index (κ3) is 5.08. The van der Waals surface area contributed by atoms with E-state index in [2.05, 4.69) is 34.2 Å². The second kappa shape index (κ2) is 11.3. The van der Waals surface area contributed by atoms with Gasteiger partial charge in [-0.15, -0.1) is 0 Å². The van der Waals surface area contributed by atoms with Gasteiger partial charge in [-0.1, -0.05) is 30.1 Å². The quantitative estimate of drug-likeness (QED) is 0.207. The molecule has 1 aromatic heterocycles. The number of nitrogens with zero attached hydrogens (tertiary/aromatic N) is 2. The fraction of sp³-hybridized carbons (Fsp3) is 0.250. The fourth-order valence-electron chi connectivity index (χ4n) is 4.45. The summed E-state index contributed by atoms with van der Waals surface area (Å²) >= 11 is 3.42. The zero-order valence-corrected chi connectivity index (χ0v) is 24.5. The molecule has 0 amide bonds. The lowest BCUT2D eigenvalue weighted by atomic mass is 9.95.